The minimum Gasteiger partial charge on any atom is -0.406 e. The molecular weight excluding hydrogens is 273 g/mol. The van der Waals surface area contributed by atoms with Crippen molar-refractivity contribution in [2.24, 2.45) is 11.8 Å². The zero-order chi connectivity index (χ0) is 14.8. The molecule has 7 heteroatoms. The molecule has 0 aliphatic carbocycles. The van der Waals surface area contributed by atoms with E-state index in [9.17, 15) is 13.2 Å². The molecule has 3 N–H and O–H groups in total. The third-order valence-electron chi connectivity index (χ3n) is 3.49. The Hall–Kier alpha value is -1.31. The minimum atomic E-state index is -4.70. The molecular formula is C13H17F3N2O2. The molecule has 0 bridgehead atoms. The van der Waals surface area contributed by atoms with E-state index in [1.807, 2.05) is 6.92 Å². The van der Waals surface area contributed by atoms with Gasteiger partial charge in [0.1, 0.15) is 5.75 Å². The predicted molar refractivity (Wildman–Crippen MR) is 66.7 cm³/mol. The highest BCUT2D eigenvalue weighted by atomic mass is 19.4. The molecule has 3 unspecified atom stereocenters. The van der Waals surface area contributed by atoms with Gasteiger partial charge in [-0.25, -0.2) is 0 Å². The van der Waals surface area contributed by atoms with Crippen LogP contribution in [-0.4, -0.2) is 19.1 Å². The molecule has 1 heterocycles. The van der Waals surface area contributed by atoms with Crippen molar-refractivity contribution in [1.29, 1.82) is 0 Å². The maximum absolute atomic E-state index is 12.2. The van der Waals surface area contributed by atoms with Crippen LogP contribution in [0.5, 0.6) is 5.75 Å². The summed E-state index contributed by atoms with van der Waals surface area (Å²) in [6, 6.07) is 5.58. The highest BCUT2D eigenvalue weighted by Crippen LogP contribution is 2.34. The van der Waals surface area contributed by atoms with Gasteiger partial charge in [0, 0.05) is 12.5 Å². The normalized spacial score (nSPS) is 24.6. The zero-order valence-electron chi connectivity index (χ0n) is 11.0. The van der Waals surface area contributed by atoms with Crippen LogP contribution in [0.2, 0.25) is 0 Å². The number of benzene rings is 1. The first-order valence-electron chi connectivity index (χ1n) is 6.34. The van der Waals surface area contributed by atoms with Crippen molar-refractivity contribution < 1.29 is 22.6 Å². The van der Waals surface area contributed by atoms with E-state index in [1.54, 1.807) is 6.07 Å². The van der Waals surface area contributed by atoms with Crippen molar-refractivity contribution >= 4 is 0 Å². The summed E-state index contributed by atoms with van der Waals surface area (Å²) in [6.45, 7) is 2.56. The second-order valence-electron chi connectivity index (χ2n) is 4.79. The second kappa shape index (κ2) is 5.99. The standard InChI is InChI=1S/C13H17F3N2O2/c1-8-11(5-6-19-8)12(18-17)9-3-2-4-10(7-9)20-13(14,15)16/h2-4,7-8,11-12,18H,5-6,17H2,1H3. The fourth-order valence-electron chi connectivity index (χ4n) is 2.56. The Morgan fingerprint density at radius 1 is 1.45 bits per heavy atom. The fourth-order valence-corrected chi connectivity index (χ4v) is 2.56. The van der Waals surface area contributed by atoms with E-state index in [1.165, 1.54) is 18.2 Å². The molecule has 0 radical (unpaired) electrons. The summed E-state index contributed by atoms with van der Waals surface area (Å²) in [5.41, 5.74) is 3.31. The molecule has 0 spiro atoms. The first kappa shape index (κ1) is 15.1. The van der Waals surface area contributed by atoms with Gasteiger partial charge in [-0.3, -0.25) is 11.3 Å². The van der Waals surface area contributed by atoms with Crippen LogP contribution < -0.4 is 16.0 Å². The number of nitrogens with two attached hydrogens (primary N) is 1. The third-order valence-corrected chi connectivity index (χ3v) is 3.49. The summed E-state index contributed by atoms with van der Waals surface area (Å²) in [4.78, 5) is 0. The Morgan fingerprint density at radius 3 is 2.75 bits per heavy atom. The lowest BCUT2D eigenvalue weighted by atomic mass is 9.89. The monoisotopic (exact) mass is 290 g/mol. The Balaban J connectivity index is 2.19. The topological polar surface area (TPSA) is 56.5 Å². The maximum atomic E-state index is 12.2. The maximum Gasteiger partial charge on any atom is 0.573 e. The lowest BCUT2D eigenvalue weighted by Crippen LogP contribution is -2.36. The van der Waals surface area contributed by atoms with Gasteiger partial charge in [-0.15, -0.1) is 13.2 Å². The van der Waals surface area contributed by atoms with Crippen molar-refractivity contribution in [2.45, 2.75) is 31.9 Å². The van der Waals surface area contributed by atoms with E-state index >= 15 is 0 Å². The molecule has 0 amide bonds. The van der Waals surface area contributed by atoms with E-state index in [4.69, 9.17) is 10.6 Å². The number of hydrogen-bond acceptors (Lipinski definition) is 4. The molecule has 1 aliphatic rings. The lowest BCUT2D eigenvalue weighted by Gasteiger charge is -2.25. The Kier molecular flexibility index (Phi) is 4.52. The second-order valence-corrected chi connectivity index (χ2v) is 4.79. The number of rotatable bonds is 4. The smallest absolute Gasteiger partial charge is 0.406 e. The zero-order valence-corrected chi connectivity index (χ0v) is 11.0. The molecule has 0 aromatic heterocycles. The third kappa shape index (κ3) is 3.62. The number of hydrogen-bond donors (Lipinski definition) is 2. The van der Waals surface area contributed by atoms with Gasteiger partial charge < -0.3 is 9.47 Å². The molecule has 3 atom stereocenters. The van der Waals surface area contributed by atoms with E-state index in [-0.39, 0.29) is 23.8 Å². The summed E-state index contributed by atoms with van der Waals surface area (Å²) in [5, 5.41) is 0. The summed E-state index contributed by atoms with van der Waals surface area (Å²) < 4.78 is 46.1. The van der Waals surface area contributed by atoms with Gasteiger partial charge in [-0.05, 0) is 31.0 Å². The number of halogens is 3. The van der Waals surface area contributed by atoms with E-state index in [2.05, 4.69) is 10.2 Å². The van der Waals surface area contributed by atoms with Gasteiger partial charge in [0.2, 0.25) is 0 Å². The molecule has 20 heavy (non-hydrogen) atoms. The predicted octanol–water partition coefficient (Wildman–Crippen LogP) is 2.51. The van der Waals surface area contributed by atoms with Crippen molar-refractivity contribution in [3.05, 3.63) is 29.8 Å². The molecule has 1 fully saturated rings. The molecule has 0 saturated carbocycles. The van der Waals surface area contributed by atoms with Crippen LogP contribution >= 0.6 is 0 Å². The van der Waals surface area contributed by atoms with Crippen LogP contribution in [0.25, 0.3) is 0 Å². The van der Waals surface area contributed by atoms with E-state index in [0.29, 0.717) is 12.2 Å². The van der Waals surface area contributed by atoms with Crippen molar-refractivity contribution in [3.8, 4) is 5.75 Å². The fraction of sp³-hybridized carbons (Fsp3) is 0.538. The molecule has 112 valence electrons. The number of alkyl halides is 3. The summed E-state index contributed by atoms with van der Waals surface area (Å²) in [6.07, 6.45) is -3.89. The van der Waals surface area contributed by atoms with Gasteiger partial charge in [-0.2, -0.15) is 0 Å². The van der Waals surface area contributed by atoms with Crippen LogP contribution in [-0.2, 0) is 4.74 Å². The molecule has 1 saturated heterocycles. The molecule has 1 aliphatic heterocycles. The average Bonchev–Trinajstić information content (AvgIpc) is 2.75. The number of ether oxygens (including phenoxy) is 2. The minimum absolute atomic E-state index is 0.00300. The average molecular weight is 290 g/mol. The summed E-state index contributed by atoms with van der Waals surface area (Å²) in [5.74, 6) is 5.42. The first-order chi connectivity index (χ1) is 9.40. The van der Waals surface area contributed by atoms with Gasteiger partial charge >= 0.3 is 6.36 Å². The Morgan fingerprint density at radius 2 is 2.20 bits per heavy atom. The van der Waals surface area contributed by atoms with Crippen molar-refractivity contribution in [3.63, 3.8) is 0 Å². The van der Waals surface area contributed by atoms with Crippen LogP contribution in [0.4, 0.5) is 13.2 Å². The Labute approximate surface area is 115 Å². The lowest BCUT2D eigenvalue weighted by molar-refractivity contribution is -0.274. The quantitative estimate of drug-likeness (QED) is 0.661. The highest BCUT2D eigenvalue weighted by Gasteiger charge is 2.34. The van der Waals surface area contributed by atoms with Crippen LogP contribution in [0.1, 0.15) is 24.9 Å². The largest absolute Gasteiger partial charge is 0.573 e. The van der Waals surface area contributed by atoms with Gasteiger partial charge in [0.05, 0.1) is 12.1 Å². The van der Waals surface area contributed by atoms with Crippen LogP contribution in [0.3, 0.4) is 0 Å². The van der Waals surface area contributed by atoms with Gasteiger partial charge in [0.25, 0.3) is 0 Å². The Bertz CT molecular complexity index is 453. The van der Waals surface area contributed by atoms with Crippen LogP contribution in [0, 0.1) is 5.92 Å². The van der Waals surface area contributed by atoms with E-state index in [0.717, 1.165) is 6.42 Å². The van der Waals surface area contributed by atoms with Crippen molar-refractivity contribution in [1.82, 2.24) is 5.43 Å². The van der Waals surface area contributed by atoms with Gasteiger partial charge in [-0.1, -0.05) is 12.1 Å². The summed E-state index contributed by atoms with van der Waals surface area (Å²) in [7, 11) is 0. The molecule has 1 aromatic rings. The van der Waals surface area contributed by atoms with E-state index < -0.39 is 6.36 Å². The van der Waals surface area contributed by atoms with Crippen molar-refractivity contribution in [2.75, 3.05) is 6.61 Å². The first-order valence-corrected chi connectivity index (χ1v) is 6.34. The summed E-state index contributed by atoms with van der Waals surface area (Å²) >= 11 is 0. The SMILES string of the molecule is CC1OCCC1C(NN)c1cccc(OC(F)(F)F)c1. The molecule has 2 rings (SSSR count). The number of nitrogens with one attached hydrogen (secondary N) is 1. The molecule has 1 aromatic carbocycles. The number of hydrazine groups is 1. The highest BCUT2D eigenvalue weighted by molar-refractivity contribution is 5.31. The molecule has 4 nitrogen and oxygen atoms in total. The van der Waals surface area contributed by atoms with Crippen LogP contribution in [0.15, 0.2) is 24.3 Å². The van der Waals surface area contributed by atoms with Gasteiger partial charge in [0.15, 0.2) is 0 Å².